The Labute approximate surface area is 341 Å². The van der Waals surface area contributed by atoms with Crippen molar-refractivity contribution in [2.45, 2.75) is 159 Å². The molecule has 10 heteroatoms. The van der Waals surface area contributed by atoms with E-state index in [9.17, 15) is 24.9 Å². The van der Waals surface area contributed by atoms with Crippen LogP contribution in [0.4, 0.5) is 0 Å². The van der Waals surface area contributed by atoms with Crippen molar-refractivity contribution in [2.24, 2.45) is 75.3 Å². The number of fused-ring (bicyclic) bond motifs is 4. The van der Waals surface area contributed by atoms with Crippen LogP contribution in [0.2, 0.25) is 0 Å². The Kier molecular flexibility index (Phi) is 13.3. The SMILES string of the molecule is COC1CC2CCC(=O)[C@]3(C#C[C@H](CC[C@H](O)CCC4CC(N)NCC4CC4=C[CH+]N=C4)C2CC1O)CC[C@H]([C@@H]1CC[C@@H]2[C@H](CN[C@@H]4CC(=O)CC[C@@H]24)C1)C[C@H]3O. The second-order valence-corrected chi connectivity index (χ2v) is 20.0. The molecule has 0 radical (unpaired) electrons. The lowest BCUT2D eigenvalue weighted by Gasteiger charge is -2.51. The van der Waals surface area contributed by atoms with Crippen LogP contribution < -0.4 is 16.4 Å². The summed E-state index contributed by atoms with van der Waals surface area (Å²) in [7, 11) is 1.66. The van der Waals surface area contributed by atoms with Gasteiger partial charge in [-0.3, -0.25) is 9.59 Å². The largest absolute Gasteiger partial charge is 0.393 e. The molecule has 314 valence electrons. The van der Waals surface area contributed by atoms with Gasteiger partial charge in [0.05, 0.1) is 36.7 Å². The number of aliphatic hydroxyl groups excluding tert-OH is 3. The number of ether oxygens (including phenoxy) is 1. The number of allylic oxidation sites excluding steroid dienone is 1. The van der Waals surface area contributed by atoms with Crippen LogP contribution in [0, 0.1) is 83.0 Å². The zero-order valence-corrected chi connectivity index (χ0v) is 34.4. The minimum absolute atomic E-state index is 0.0241. The lowest BCUT2D eigenvalue weighted by molar-refractivity contribution is -0.136. The van der Waals surface area contributed by atoms with Crippen LogP contribution >= 0.6 is 0 Å². The van der Waals surface area contributed by atoms with Crippen LogP contribution in [0.3, 0.4) is 0 Å². The highest BCUT2D eigenvalue weighted by Gasteiger charge is 2.52. The first-order valence-corrected chi connectivity index (χ1v) is 23.0. The molecular weight excluding hydrogens is 717 g/mol. The Morgan fingerprint density at radius 3 is 2.56 bits per heavy atom. The summed E-state index contributed by atoms with van der Waals surface area (Å²) in [5, 5.41) is 41.9. The average molecular weight is 788 g/mol. The molecule has 10 nitrogen and oxygen atoms in total. The van der Waals surface area contributed by atoms with Gasteiger partial charge in [0, 0.05) is 51.3 Å². The summed E-state index contributed by atoms with van der Waals surface area (Å²) < 4.78 is 5.73. The van der Waals surface area contributed by atoms with Gasteiger partial charge in [-0.1, -0.05) is 11.8 Å². The van der Waals surface area contributed by atoms with E-state index in [1.54, 1.807) is 7.11 Å². The van der Waals surface area contributed by atoms with Gasteiger partial charge in [0.15, 0.2) is 12.0 Å². The molecule has 57 heavy (non-hydrogen) atoms. The standard InChI is InChI=1S/C47H71N4O6/c1-57-43-20-33-5-11-44(55)47(16-13-32(21-45(47)56)30-4-9-38-35(19-30)27-50-41-23-37(53)8-10-39(38)41)15-12-29(40(33)24-42(43)54)2-6-36(52)7-3-31-22-46(48)51-26-34(31)18-28-14-17-49-25-28/h14,17,25,29-36,38-43,45-46,50-52,54,56H,2-11,13,16,18-24,26-27,48H2,1H3/q+1/t29-,30+,31?,32-,33?,34?,35-,36-,38+,39-,40?,41+,42?,43?,45+,46?,47-/m0/s1. The van der Waals surface area contributed by atoms with E-state index in [-0.39, 0.29) is 35.8 Å². The van der Waals surface area contributed by atoms with Crippen LogP contribution in [-0.2, 0) is 14.3 Å². The molecule has 7 N–H and O–H groups in total. The van der Waals surface area contributed by atoms with Crippen molar-refractivity contribution in [3.63, 3.8) is 0 Å². The number of carbonyl (C=O) groups excluding carboxylic acids is 2. The fraction of sp³-hybridized carbons (Fsp3) is 0.830. The molecule has 0 aromatic heterocycles. The third kappa shape index (κ3) is 9.16. The normalized spacial score (nSPS) is 45.2. The molecule has 6 fully saturated rings. The minimum atomic E-state index is -1.05. The molecule has 3 heterocycles. The zero-order valence-electron chi connectivity index (χ0n) is 34.4. The number of aliphatic imine (C=N–C) groups is 1. The fourth-order valence-electron chi connectivity index (χ4n) is 13.6. The average Bonchev–Trinajstić information content (AvgIpc) is 3.74. The Balaban J connectivity index is 0.929. The predicted octanol–water partition coefficient (Wildman–Crippen LogP) is 4.89. The van der Waals surface area contributed by atoms with Crippen molar-refractivity contribution in [1.29, 1.82) is 0 Å². The van der Waals surface area contributed by atoms with Gasteiger partial charge in [-0.25, -0.2) is 0 Å². The molecule has 5 aliphatic carbocycles. The van der Waals surface area contributed by atoms with Gasteiger partial charge in [-0.15, -0.1) is 4.99 Å². The molecule has 0 aromatic carbocycles. The number of methoxy groups -OCH3 is 1. The molecule has 3 aliphatic heterocycles. The molecule has 4 saturated carbocycles. The summed E-state index contributed by atoms with van der Waals surface area (Å²) in [4.78, 5) is 30.8. The van der Waals surface area contributed by atoms with Gasteiger partial charge >= 0.3 is 0 Å². The van der Waals surface area contributed by atoms with Crippen LogP contribution in [-0.4, -0.2) is 89.9 Å². The minimum Gasteiger partial charge on any atom is -0.393 e. The van der Waals surface area contributed by atoms with E-state index in [1.165, 1.54) is 24.8 Å². The highest BCUT2D eigenvalue weighted by Crippen LogP contribution is 2.52. The van der Waals surface area contributed by atoms with Gasteiger partial charge < -0.3 is 36.4 Å². The van der Waals surface area contributed by atoms with E-state index in [4.69, 9.17) is 10.5 Å². The number of nitrogens with two attached hydrogens (primary N) is 1. The van der Waals surface area contributed by atoms with Crippen molar-refractivity contribution < 1.29 is 29.6 Å². The topological polar surface area (TPSA) is 166 Å². The number of Topliss-reactive ketones (excluding diaryl/α,β-unsaturated/α-hetero) is 2. The number of carbonyl (C=O) groups is 2. The monoisotopic (exact) mass is 788 g/mol. The van der Waals surface area contributed by atoms with E-state index in [0.717, 1.165) is 51.6 Å². The first kappa shape index (κ1) is 41.6. The van der Waals surface area contributed by atoms with Crippen LogP contribution in [0.1, 0.15) is 122 Å². The zero-order chi connectivity index (χ0) is 39.7. The van der Waals surface area contributed by atoms with E-state index >= 15 is 0 Å². The third-order valence-corrected chi connectivity index (χ3v) is 16.9. The highest BCUT2D eigenvalue weighted by molar-refractivity contribution is 5.89. The molecule has 8 rings (SSSR count). The van der Waals surface area contributed by atoms with Gasteiger partial charge in [0.25, 0.3) is 0 Å². The van der Waals surface area contributed by atoms with Crippen LogP contribution in [0.5, 0.6) is 0 Å². The fourth-order valence-corrected chi connectivity index (χ4v) is 13.6. The number of aliphatic hydroxyl groups is 3. The summed E-state index contributed by atoms with van der Waals surface area (Å²) in [5.41, 5.74) is 6.54. The molecule has 0 bridgehead atoms. The maximum atomic E-state index is 14.4. The summed E-state index contributed by atoms with van der Waals surface area (Å²) in [6.45, 7) is 3.72. The second-order valence-electron chi connectivity index (χ2n) is 20.0. The molecule has 17 atom stereocenters. The van der Waals surface area contributed by atoms with E-state index in [1.807, 2.05) is 12.8 Å². The van der Waals surface area contributed by atoms with Crippen molar-refractivity contribution in [1.82, 2.24) is 10.6 Å². The Bertz CT molecular complexity index is 1560. The number of ketones is 2. The summed E-state index contributed by atoms with van der Waals surface area (Å²) in [6, 6.07) is 0.360. The van der Waals surface area contributed by atoms with E-state index in [0.29, 0.717) is 117 Å². The first-order valence-electron chi connectivity index (χ1n) is 23.0. The predicted molar refractivity (Wildman–Crippen MR) is 220 cm³/mol. The van der Waals surface area contributed by atoms with Crippen LogP contribution in [0.25, 0.3) is 0 Å². The third-order valence-electron chi connectivity index (χ3n) is 16.9. The second kappa shape index (κ2) is 18.3. The number of nitrogens with one attached hydrogen (secondary N) is 2. The number of hydrogen-bond acceptors (Lipinski definition) is 10. The molecule has 8 aliphatic rings. The first-order chi connectivity index (χ1) is 27.6. The number of hydrogen-bond donors (Lipinski definition) is 6. The van der Waals surface area contributed by atoms with E-state index < -0.39 is 23.7 Å². The molecule has 1 spiro atoms. The quantitative estimate of drug-likeness (QED) is 0.134. The lowest BCUT2D eigenvalue weighted by atomic mass is 9.57. The number of nitrogens with zero attached hydrogens (tertiary/aromatic N) is 1. The molecular formula is C47H71N4O6+. The maximum Gasteiger partial charge on any atom is 0.176 e. The Morgan fingerprint density at radius 2 is 1.75 bits per heavy atom. The van der Waals surface area contributed by atoms with Crippen molar-refractivity contribution in [2.75, 3.05) is 20.2 Å². The van der Waals surface area contributed by atoms with E-state index in [2.05, 4.69) is 33.5 Å². The van der Waals surface area contributed by atoms with Crippen molar-refractivity contribution in [3.05, 3.63) is 18.2 Å². The van der Waals surface area contributed by atoms with Crippen molar-refractivity contribution >= 4 is 17.8 Å². The van der Waals surface area contributed by atoms with Gasteiger partial charge in [0.1, 0.15) is 23.3 Å². The number of rotatable bonds is 10. The number of piperidine rings is 2. The summed E-state index contributed by atoms with van der Waals surface area (Å²) in [5.74, 6) is 11.6. The summed E-state index contributed by atoms with van der Waals surface area (Å²) in [6.07, 6.45) is 17.2. The molecule has 2 saturated heterocycles. The maximum absolute atomic E-state index is 14.4. The lowest BCUT2D eigenvalue weighted by Crippen LogP contribution is -2.55. The molecule has 0 aromatic rings. The molecule has 7 unspecified atom stereocenters. The van der Waals surface area contributed by atoms with Gasteiger partial charge in [-0.05, 0) is 156 Å². The Morgan fingerprint density at radius 1 is 0.912 bits per heavy atom. The Hall–Kier alpha value is -2.10. The van der Waals surface area contributed by atoms with Gasteiger partial charge in [-0.2, -0.15) is 0 Å². The van der Waals surface area contributed by atoms with Crippen LogP contribution in [0.15, 0.2) is 16.6 Å². The smallest absolute Gasteiger partial charge is 0.176 e. The summed E-state index contributed by atoms with van der Waals surface area (Å²) >= 11 is 0. The molecule has 0 amide bonds. The van der Waals surface area contributed by atoms with Crippen molar-refractivity contribution in [3.8, 4) is 11.8 Å². The highest BCUT2D eigenvalue weighted by atomic mass is 16.5. The van der Waals surface area contributed by atoms with Gasteiger partial charge in [0.2, 0.25) is 0 Å².